The molecule has 0 saturated carbocycles. The predicted octanol–water partition coefficient (Wildman–Crippen LogP) is 2.14. The summed E-state index contributed by atoms with van der Waals surface area (Å²) in [6.07, 6.45) is -1.08. The minimum atomic E-state index is -4.00. The number of aliphatic hydroxyl groups is 2. The number of nitriles is 1. The Balaban J connectivity index is 2.45. The summed E-state index contributed by atoms with van der Waals surface area (Å²) >= 11 is 5.83. The molecule has 0 bridgehead atoms. The van der Waals surface area contributed by atoms with Crippen LogP contribution < -0.4 is 0 Å². The molecule has 0 spiro atoms. The Morgan fingerprint density at radius 2 is 1.73 bits per heavy atom. The number of benzene rings is 2. The molecule has 8 heteroatoms. The molecule has 138 valence electrons. The standard InChI is InChI=1S/C18H19ClN2O4S/c1-13(23)18(12-22)21(11-15-4-2-14(10-20)3-5-15)26(24,25)17-8-6-16(19)7-9-17/h2-9,13,18,22-23H,11-12H2,1H3/t13-,18?/m0/s1. The summed E-state index contributed by atoms with van der Waals surface area (Å²) in [6.45, 7) is 0.817. The molecule has 0 aliphatic carbocycles. The van der Waals surface area contributed by atoms with E-state index in [0.29, 0.717) is 16.1 Å². The molecule has 0 amide bonds. The van der Waals surface area contributed by atoms with Gasteiger partial charge in [0.15, 0.2) is 0 Å². The van der Waals surface area contributed by atoms with Crippen LogP contribution in [0.4, 0.5) is 0 Å². The highest BCUT2D eigenvalue weighted by molar-refractivity contribution is 7.89. The SMILES string of the molecule is C[C@H](O)C(CO)N(Cc1ccc(C#N)cc1)S(=O)(=O)c1ccc(Cl)cc1. The van der Waals surface area contributed by atoms with Crippen molar-refractivity contribution in [2.75, 3.05) is 6.61 Å². The van der Waals surface area contributed by atoms with Crippen LogP contribution in [0.2, 0.25) is 5.02 Å². The van der Waals surface area contributed by atoms with Crippen molar-refractivity contribution in [1.82, 2.24) is 4.31 Å². The van der Waals surface area contributed by atoms with Gasteiger partial charge in [-0.3, -0.25) is 0 Å². The molecule has 2 rings (SSSR count). The number of hydrogen-bond donors (Lipinski definition) is 2. The first-order valence-electron chi connectivity index (χ1n) is 7.85. The van der Waals surface area contributed by atoms with E-state index in [-0.39, 0.29) is 11.4 Å². The highest BCUT2D eigenvalue weighted by Gasteiger charge is 2.34. The van der Waals surface area contributed by atoms with Crippen molar-refractivity contribution in [3.63, 3.8) is 0 Å². The zero-order valence-electron chi connectivity index (χ0n) is 14.1. The molecule has 0 fully saturated rings. The number of nitrogens with zero attached hydrogens (tertiary/aromatic N) is 2. The summed E-state index contributed by atoms with van der Waals surface area (Å²) in [6, 6.07) is 13.1. The lowest BCUT2D eigenvalue weighted by molar-refractivity contribution is 0.0616. The minimum absolute atomic E-state index is 0.00893. The van der Waals surface area contributed by atoms with Crippen molar-refractivity contribution < 1.29 is 18.6 Å². The molecule has 2 aromatic rings. The van der Waals surface area contributed by atoms with Gasteiger partial charge in [0.2, 0.25) is 10.0 Å². The average molecular weight is 395 g/mol. The van der Waals surface area contributed by atoms with Gasteiger partial charge in [-0.2, -0.15) is 9.57 Å². The predicted molar refractivity (Wildman–Crippen MR) is 97.9 cm³/mol. The zero-order chi connectivity index (χ0) is 19.3. The molecule has 0 radical (unpaired) electrons. The molecular weight excluding hydrogens is 376 g/mol. The molecule has 6 nitrogen and oxygen atoms in total. The van der Waals surface area contributed by atoms with E-state index in [1.165, 1.54) is 31.2 Å². The monoisotopic (exact) mass is 394 g/mol. The van der Waals surface area contributed by atoms with E-state index in [2.05, 4.69) is 0 Å². The van der Waals surface area contributed by atoms with Crippen molar-refractivity contribution >= 4 is 21.6 Å². The number of aliphatic hydroxyl groups excluding tert-OH is 2. The molecule has 0 aromatic heterocycles. The second-order valence-electron chi connectivity index (χ2n) is 5.80. The highest BCUT2D eigenvalue weighted by atomic mass is 35.5. The fourth-order valence-corrected chi connectivity index (χ4v) is 4.27. The van der Waals surface area contributed by atoms with Crippen LogP contribution in [0.1, 0.15) is 18.1 Å². The number of rotatable bonds is 7. The van der Waals surface area contributed by atoms with E-state index in [0.717, 1.165) is 4.31 Å². The van der Waals surface area contributed by atoms with Gasteiger partial charge in [-0.15, -0.1) is 0 Å². The third-order valence-electron chi connectivity index (χ3n) is 3.96. The molecular formula is C18H19ClN2O4S. The van der Waals surface area contributed by atoms with Crippen LogP contribution in [0.5, 0.6) is 0 Å². The highest BCUT2D eigenvalue weighted by Crippen LogP contribution is 2.24. The topological polar surface area (TPSA) is 102 Å². The maximum Gasteiger partial charge on any atom is 0.243 e. The van der Waals surface area contributed by atoms with Crippen LogP contribution in [-0.2, 0) is 16.6 Å². The lowest BCUT2D eigenvalue weighted by Crippen LogP contribution is -2.47. The van der Waals surface area contributed by atoms with Crippen molar-refractivity contribution in [1.29, 1.82) is 5.26 Å². The van der Waals surface area contributed by atoms with Crippen LogP contribution >= 0.6 is 11.6 Å². The van der Waals surface area contributed by atoms with Crippen LogP contribution in [0.25, 0.3) is 0 Å². The van der Waals surface area contributed by atoms with Gasteiger partial charge in [-0.25, -0.2) is 8.42 Å². The number of sulfonamides is 1. The van der Waals surface area contributed by atoms with Gasteiger partial charge in [0.25, 0.3) is 0 Å². The molecule has 1 unspecified atom stereocenters. The fraction of sp³-hybridized carbons (Fsp3) is 0.278. The second kappa shape index (κ2) is 8.62. The Kier molecular flexibility index (Phi) is 6.75. The van der Waals surface area contributed by atoms with Crippen molar-refractivity contribution in [2.45, 2.75) is 30.5 Å². The summed E-state index contributed by atoms with van der Waals surface area (Å²) in [5.74, 6) is 0. The van der Waals surface area contributed by atoms with Crippen molar-refractivity contribution in [3.05, 3.63) is 64.7 Å². The largest absolute Gasteiger partial charge is 0.395 e. The second-order valence-corrected chi connectivity index (χ2v) is 8.13. The third-order valence-corrected chi connectivity index (χ3v) is 6.09. The minimum Gasteiger partial charge on any atom is -0.395 e. The molecule has 2 atom stereocenters. The van der Waals surface area contributed by atoms with Gasteiger partial charge in [-0.1, -0.05) is 23.7 Å². The Morgan fingerprint density at radius 1 is 1.15 bits per heavy atom. The lowest BCUT2D eigenvalue weighted by atomic mass is 10.1. The van der Waals surface area contributed by atoms with E-state index in [1.807, 2.05) is 6.07 Å². The van der Waals surface area contributed by atoms with Crippen LogP contribution in [0.3, 0.4) is 0 Å². The van der Waals surface area contributed by atoms with Crippen LogP contribution in [0, 0.1) is 11.3 Å². The maximum absolute atomic E-state index is 13.1. The van der Waals surface area contributed by atoms with Gasteiger partial charge in [-0.05, 0) is 48.9 Å². The molecule has 0 saturated heterocycles. The van der Waals surface area contributed by atoms with E-state index in [4.69, 9.17) is 16.9 Å². The Hall–Kier alpha value is -1.95. The van der Waals surface area contributed by atoms with Gasteiger partial charge >= 0.3 is 0 Å². The summed E-state index contributed by atoms with van der Waals surface area (Å²) in [7, 11) is -4.00. The van der Waals surface area contributed by atoms with Gasteiger partial charge in [0.05, 0.1) is 35.3 Å². The Bertz CT molecular complexity index is 875. The number of halogens is 1. The van der Waals surface area contributed by atoms with Crippen molar-refractivity contribution in [3.8, 4) is 6.07 Å². The van der Waals surface area contributed by atoms with E-state index < -0.39 is 28.8 Å². The van der Waals surface area contributed by atoms with Gasteiger partial charge in [0, 0.05) is 11.6 Å². The Morgan fingerprint density at radius 3 is 2.19 bits per heavy atom. The summed E-state index contributed by atoms with van der Waals surface area (Å²) in [5, 5.41) is 28.9. The van der Waals surface area contributed by atoms with Gasteiger partial charge in [0.1, 0.15) is 0 Å². The van der Waals surface area contributed by atoms with E-state index in [1.54, 1.807) is 24.3 Å². The first-order valence-corrected chi connectivity index (χ1v) is 9.66. The summed E-state index contributed by atoms with van der Waals surface area (Å²) in [4.78, 5) is 0.00893. The van der Waals surface area contributed by atoms with E-state index in [9.17, 15) is 18.6 Å². The molecule has 0 aliphatic heterocycles. The van der Waals surface area contributed by atoms with Crippen molar-refractivity contribution in [2.24, 2.45) is 0 Å². The summed E-state index contributed by atoms with van der Waals surface area (Å²) < 4.78 is 27.2. The Labute approximate surface area is 157 Å². The molecule has 0 aliphatic rings. The smallest absolute Gasteiger partial charge is 0.243 e. The first-order chi connectivity index (χ1) is 12.3. The quantitative estimate of drug-likeness (QED) is 0.749. The van der Waals surface area contributed by atoms with E-state index >= 15 is 0 Å². The maximum atomic E-state index is 13.1. The normalized spacial score (nSPS) is 14.0. The van der Waals surface area contributed by atoms with Crippen LogP contribution in [-0.4, -0.2) is 41.7 Å². The van der Waals surface area contributed by atoms with Crippen LogP contribution in [0.15, 0.2) is 53.4 Å². The molecule has 2 aromatic carbocycles. The zero-order valence-corrected chi connectivity index (χ0v) is 15.7. The molecule has 26 heavy (non-hydrogen) atoms. The fourth-order valence-electron chi connectivity index (χ4n) is 2.47. The molecule has 2 N–H and O–H groups in total. The average Bonchev–Trinajstić information content (AvgIpc) is 2.62. The van der Waals surface area contributed by atoms with Gasteiger partial charge < -0.3 is 10.2 Å². The number of hydrogen-bond acceptors (Lipinski definition) is 5. The lowest BCUT2D eigenvalue weighted by Gasteiger charge is -2.31. The first kappa shape index (κ1) is 20.4. The third kappa shape index (κ3) is 4.61. The molecule has 0 heterocycles. The summed E-state index contributed by atoms with van der Waals surface area (Å²) in [5.41, 5.74) is 1.08.